The summed E-state index contributed by atoms with van der Waals surface area (Å²) in [5.41, 5.74) is 1.08. The van der Waals surface area contributed by atoms with Gasteiger partial charge in [-0.1, -0.05) is 12.1 Å². The summed E-state index contributed by atoms with van der Waals surface area (Å²) in [4.78, 5) is 25.4. The van der Waals surface area contributed by atoms with Gasteiger partial charge in [0.1, 0.15) is 12.4 Å². The number of hydrogen-bond donors (Lipinski definition) is 1. The molecule has 1 aliphatic heterocycles. The summed E-state index contributed by atoms with van der Waals surface area (Å²) in [6.45, 7) is 5.02. The molecule has 0 spiro atoms. The van der Waals surface area contributed by atoms with Crippen molar-refractivity contribution in [3.05, 3.63) is 29.8 Å². The van der Waals surface area contributed by atoms with Gasteiger partial charge in [0.15, 0.2) is 0 Å². The Hall–Kier alpha value is -2.08. The van der Waals surface area contributed by atoms with Crippen LogP contribution < -0.4 is 10.1 Å². The second-order valence-electron chi connectivity index (χ2n) is 5.62. The SMILES string of the molecule is CCOCC(=O)N1C[C@@H](NC(C)=O)[C@H](c2ccc(OC)cc2)C1. The zero-order valence-electron chi connectivity index (χ0n) is 13.9. The molecule has 6 heteroatoms. The number of methoxy groups -OCH3 is 1. The molecule has 0 saturated carbocycles. The largest absolute Gasteiger partial charge is 0.497 e. The molecular formula is C17H24N2O4. The molecule has 1 aromatic carbocycles. The number of carbonyl (C=O) groups excluding carboxylic acids is 2. The molecule has 1 N–H and O–H groups in total. The zero-order chi connectivity index (χ0) is 16.8. The van der Waals surface area contributed by atoms with Crippen LogP contribution in [0.5, 0.6) is 5.75 Å². The van der Waals surface area contributed by atoms with E-state index in [4.69, 9.17) is 9.47 Å². The first-order chi connectivity index (χ1) is 11.0. The van der Waals surface area contributed by atoms with Crippen LogP contribution in [0.4, 0.5) is 0 Å². The van der Waals surface area contributed by atoms with Crippen LogP contribution in [0.25, 0.3) is 0 Å². The molecule has 0 radical (unpaired) electrons. The highest BCUT2D eigenvalue weighted by atomic mass is 16.5. The Bertz CT molecular complexity index is 544. The van der Waals surface area contributed by atoms with Gasteiger partial charge in [-0.25, -0.2) is 0 Å². The molecule has 23 heavy (non-hydrogen) atoms. The van der Waals surface area contributed by atoms with Crippen LogP contribution in [-0.4, -0.2) is 56.2 Å². The number of nitrogens with zero attached hydrogens (tertiary/aromatic N) is 1. The van der Waals surface area contributed by atoms with Gasteiger partial charge in [-0.2, -0.15) is 0 Å². The number of amides is 2. The first-order valence-electron chi connectivity index (χ1n) is 7.81. The Balaban J connectivity index is 2.13. The topological polar surface area (TPSA) is 67.9 Å². The summed E-state index contributed by atoms with van der Waals surface area (Å²) in [5, 5.41) is 2.95. The number of nitrogens with one attached hydrogen (secondary N) is 1. The first kappa shape index (κ1) is 17.3. The van der Waals surface area contributed by atoms with Crippen molar-refractivity contribution in [1.29, 1.82) is 0 Å². The van der Waals surface area contributed by atoms with Crippen molar-refractivity contribution in [3.8, 4) is 5.75 Å². The lowest BCUT2D eigenvalue weighted by Crippen LogP contribution is -2.39. The minimum absolute atomic E-state index is 0.0433. The Morgan fingerprint density at radius 3 is 2.52 bits per heavy atom. The van der Waals surface area contributed by atoms with Crippen LogP contribution in [0, 0.1) is 0 Å². The third kappa shape index (κ3) is 4.45. The maximum atomic E-state index is 12.2. The normalized spacial score (nSPS) is 20.4. The monoisotopic (exact) mass is 320 g/mol. The average Bonchev–Trinajstić information content (AvgIpc) is 2.95. The van der Waals surface area contributed by atoms with Crippen LogP contribution in [0.15, 0.2) is 24.3 Å². The fourth-order valence-electron chi connectivity index (χ4n) is 2.88. The van der Waals surface area contributed by atoms with E-state index >= 15 is 0 Å². The van der Waals surface area contributed by atoms with E-state index < -0.39 is 0 Å². The molecule has 0 bridgehead atoms. The fraction of sp³-hybridized carbons (Fsp3) is 0.529. The molecule has 0 aromatic heterocycles. The minimum Gasteiger partial charge on any atom is -0.497 e. The third-order valence-corrected chi connectivity index (χ3v) is 4.03. The average molecular weight is 320 g/mol. The molecular weight excluding hydrogens is 296 g/mol. The van der Waals surface area contributed by atoms with Crippen molar-refractivity contribution in [1.82, 2.24) is 10.2 Å². The fourth-order valence-corrected chi connectivity index (χ4v) is 2.88. The highest BCUT2D eigenvalue weighted by Crippen LogP contribution is 2.29. The molecule has 6 nitrogen and oxygen atoms in total. The molecule has 1 aliphatic rings. The third-order valence-electron chi connectivity index (χ3n) is 4.03. The van der Waals surface area contributed by atoms with E-state index in [1.54, 1.807) is 12.0 Å². The number of rotatable bonds is 6. The summed E-state index contributed by atoms with van der Waals surface area (Å²) >= 11 is 0. The van der Waals surface area contributed by atoms with Crippen molar-refractivity contribution in [2.75, 3.05) is 33.4 Å². The van der Waals surface area contributed by atoms with Gasteiger partial charge >= 0.3 is 0 Å². The molecule has 0 aliphatic carbocycles. The number of hydrogen-bond acceptors (Lipinski definition) is 4. The number of likely N-dealkylation sites (tertiary alicyclic amines) is 1. The molecule has 126 valence electrons. The van der Waals surface area contributed by atoms with Crippen LogP contribution in [-0.2, 0) is 14.3 Å². The van der Waals surface area contributed by atoms with Crippen LogP contribution >= 0.6 is 0 Å². The first-order valence-corrected chi connectivity index (χ1v) is 7.81. The molecule has 0 unspecified atom stereocenters. The van der Waals surface area contributed by atoms with Gasteiger partial charge < -0.3 is 19.7 Å². The molecule has 1 heterocycles. The molecule has 1 aromatic rings. The second-order valence-corrected chi connectivity index (χ2v) is 5.62. The van der Waals surface area contributed by atoms with Crippen molar-refractivity contribution in [2.45, 2.75) is 25.8 Å². The smallest absolute Gasteiger partial charge is 0.248 e. The lowest BCUT2D eigenvalue weighted by Gasteiger charge is -2.19. The molecule has 2 amide bonds. The summed E-state index contributed by atoms with van der Waals surface area (Å²) in [6.07, 6.45) is 0. The van der Waals surface area contributed by atoms with E-state index in [1.807, 2.05) is 31.2 Å². The lowest BCUT2D eigenvalue weighted by atomic mass is 9.94. The maximum absolute atomic E-state index is 12.2. The Morgan fingerprint density at radius 2 is 1.96 bits per heavy atom. The minimum atomic E-state index is -0.0912. The van der Waals surface area contributed by atoms with E-state index in [2.05, 4.69) is 5.32 Å². The number of benzene rings is 1. The lowest BCUT2D eigenvalue weighted by molar-refractivity contribution is -0.135. The van der Waals surface area contributed by atoms with Crippen molar-refractivity contribution >= 4 is 11.8 Å². The summed E-state index contributed by atoms with van der Waals surface area (Å²) in [6, 6.07) is 7.66. The molecule has 2 rings (SSSR count). The Labute approximate surface area is 136 Å². The zero-order valence-corrected chi connectivity index (χ0v) is 13.9. The standard InChI is InChI=1S/C17H24N2O4/c1-4-23-11-17(21)19-9-15(16(10-19)18-12(2)20)13-5-7-14(22-3)8-6-13/h5-8,15-16H,4,9-11H2,1-3H3,(H,18,20)/t15-,16+/m0/s1. The van der Waals surface area contributed by atoms with Crippen molar-refractivity contribution in [3.63, 3.8) is 0 Å². The Morgan fingerprint density at radius 1 is 1.26 bits per heavy atom. The molecule has 1 fully saturated rings. The summed E-state index contributed by atoms with van der Waals surface area (Å²) < 4.78 is 10.4. The van der Waals surface area contributed by atoms with E-state index in [1.165, 1.54) is 6.92 Å². The second kappa shape index (κ2) is 7.97. The van der Waals surface area contributed by atoms with Gasteiger partial charge in [0.25, 0.3) is 0 Å². The number of carbonyl (C=O) groups is 2. The van der Waals surface area contributed by atoms with Crippen LogP contribution in [0.2, 0.25) is 0 Å². The van der Waals surface area contributed by atoms with E-state index in [0.717, 1.165) is 11.3 Å². The number of ether oxygens (including phenoxy) is 2. The van der Waals surface area contributed by atoms with Gasteiger partial charge in [0.05, 0.1) is 13.2 Å². The predicted molar refractivity (Wildman–Crippen MR) is 86.4 cm³/mol. The highest BCUT2D eigenvalue weighted by molar-refractivity contribution is 5.78. The van der Waals surface area contributed by atoms with Crippen LogP contribution in [0.1, 0.15) is 25.3 Å². The van der Waals surface area contributed by atoms with Crippen LogP contribution in [0.3, 0.4) is 0 Å². The van der Waals surface area contributed by atoms with Gasteiger partial charge in [-0.05, 0) is 24.6 Å². The summed E-state index contributed by atoms with van der Waals surface area (Å²) in [5.74, 6) is 0.716. The van der Waals surface area contributed by atoms with Gasteiger partial charge in [0.2, 0.25) is 11.8 Å². The quantitative estimate of drug-likeness (QED) is 0.854. The highest BCUT2D eigenvalue weighted by Gasteiger charge is 2.36. The van der Waals surface area contributed by atoms with Gasteiger partial charge in [-0.3, -0.25) is 9.59 Å². The van der Waals surface area contributed by atoms with Crippen molar-refractivity contribution in [2.24, 2.45) is 0 Å². The van der Waals surface area contributed by atoms with Gasteiger partial charge in [0, 0.05) is 32.5 Å². The van der Waals surface area contributed by atoms with Crippen molar-refractivity contribution < 1.29 is 19.1 Å². The molecule has 2 atom stereocenters. The van der Waals surface area contributed by atoms with E-state index in [-0.39, 0.29) is 30.4 Å². The maximum Gasteiger partial charge on any atom is 0.248 e. The summed E-state index contributed by atoms with van der Waals surface area (Å²) in [7, 11) is 1.62. The Kier molecular flexibility index (Phi) is 5.98. The molecule has 1 saturated heterocycles. The van der Waals surface area contributed by atoms with E-state index in [0.29, 0.717) is 19.7 Å². The van der Waals surface area contributed by atoms with Gasteiger partial charge in [-0.15, -0.1) is 0 Å². The predicted octanol–water partition coefficient (Wildman–Crippen LogP) is 1.16. The van der Waals surface area contributed by atoms with E-state index in [9.17, 15) is 9.59 Å².